The molecular weight excluding hydrogens is 438 g/mol. The van der Waals surface area contributed by atoms with Crippen molar-refractivity contribution < 1.29 is 23.8 Å². The molecule has 2 saturated carbocycles. The van der Waals surface area contributed by atoms with Gasteiger partial charge in [0.15, 0.2) is 0 Å². The zero-order valence-electron chi connectivity index (χ0n) is 20.6. The molecule has 7 heteroatoms. The third-order valence-electron chi connectivity index (χ3n) is 7.86. The lowest BCUT2D eigenvalue weighted by molar-refractivity contribution is -0.131. The van der Waals surface area contributed by atoms with Crippen molar-refractivity contribution in [2.45, 2.75) is 84.1 Å². The summed E-state index contributed by atoms with van der Waals surface area (Å²) in [6.45, 7) is 7.99. The van der Waals surface area contributed by atoms with Gasteiger partial charge >= 0.3 is 5.97 Å². The van der Waals surface area contributed by atoms with Crippen molar-refractivity contribution in [1.82, 2.24) is 0 Å². The second kappa shape index (κ2) is 10.4. The van der Waals surface area contributed by atoms with E-state index in [1.165, 1.54) is 36.2 Å². The normalized spacial score (nSPS) is 26.7. The summed E-state index contributed by atoms with van der Waals surface area (Å²) in [6.07, 6.45) is 8.49. The molecule has 1 saturated heterocycles. The number of rotatable bonds is 5. The Balaban J connectivity index is 1.68. The molecule has 3 fully saturated rings. The van der Waals surface area contributed by atoms with Crippen LogP contribution in [-0.2, 0) is 19.0 Å². The van der Waals surface area contributed by atoms with E-state index in [4.69, 9.17) is 14.2 Å². The van der Waals surface area contributed by atoms with Crippen LogP contribution in [-0.4, -0.2) is 45.0 Å². The number of methoxy groups -OCH3 is 1. The first-order valence-corrected chi connectivity index (χ1v) is 13.3. The third-order valence-corrected chi connectivity index (χ3v) is 9.13. The highest BCUT2D eigenvalue weighted by Crippen LogP contribution is 2.47. The molecule has 2 aliphatic carbocycles. The van der Waals surface area contributed by atoms with Gasteiger partial charge in [-0.3, -0.25) is 4.79 Å². The number of anilines is 1. The van der Waals surface area contributed by atoms with Crippen LogP contribution in [0.4, 0.5) is 5.69 Å². The Morgan fingerprint density at radius 3 is 2.30 bits per heavy atom. The molecule has 0 unspecified atom stereocenters. The van der Waals surface area contributed by atoms with Crippen LogP contribution in [0.15, 0.2) is 6.07 Å². The first kappa shape index (κ1) is 24.7. The highest BCUT2D eigenvalue weighted by Gasteiger charge is 2.38. The molecule has 4 rings (SSSR count). The van der Waals surface area contributed by atoms with Gasteiger partial charge in [0.25, 0.3) is 0 Å². The van der Waals surface area contributed by atoms with Crippen LogP contribution >= 0.6 is 11.3 Å². The lowest BCUT2D eigenvalue weighted by Crippen LogP contribution is -2.51. The van der Waals surface area contributed by atoms with Gasteiger partial charge in [-0.05, 0) is 74.7 Å². The molecule has 0 bridgehead atoms. The van der Waals surface area contributed by atoms with Gasteiger partial charge < -0.3 is 19.1 Å². The van der Waals surface area contributed by atoms with Gasteiger partial charge in [0.05, 0.1) is 32.1 Å². The fourth-order valence-electron chi connectivity index (χ4n) is 5.53. The minimum Gasteiger partial charge on any atom is -0.465 e. The molecular formula is C26H39NO5S. The smallest absolute Gasteiger partial charge is 0.350 e. The molecule has 1 aliphatic heterocycles. The van der Waals surface area contributed by atoms with E-state index < -0.39 is 0 Å². The summed E-state index contributed by atoms with van der Waals surface area (Å²) in [5.41, 5.74) is 1.06. The van der Waals surface area contributed by atoms with Gasteiger partial charge in [-0.15, -0.1) is 11.3 Å². The standard InChI is InChI=1S/C26H39NO5S/c1-17-5-7-19(8-6-17)24(28)27(20-14-31-16-32-15-20)21-13-22(33-23(21)25(29)30-4)18-9-11-26(2,3)12-10-18/h13,17-20H,5-12,14-16H2,1-4H3/t17-,19-. The van der Waals surface area contributed by atoms with Crippen LogP contribution in [0, 0.1) is 17.3 Å². The van der Waals surface area contributed by atoms with Gasteiger partial charge in [0.2, 0.25) is 5.91 Å². The second-order valence-electron chi connectivity index (χ2n) is 11.0. The molecule has 0 spiro atoms. The predicted molar refractivity (Wildman–Crippen MR) is 130 cm³/mol. The van der Waals surface area contributed by atoms with Crippen LogP contribution in [0.1, 0.15) is 92.6 Å². The van der Waals surface area contributed by atoms with E-state index in [0.717, 1.165) is 38.5 Å². The molecule has 0 aromatic carbocycles. The summed E-state index contributed by atoms with van der Waals surface area (Å²) in [7, 11) is 1.41. The number of ether oxygens (including phenoxy) is 3. The number of carbonyl (C=O) groups excluding carboxylic acids is 2. The summed E-state index contributed by atoms with van der Waals surface area (Å²) in [5.74, 6) is 0.794. The Morgan fingerprint density at radius 2 is 1.70 bits per heavy atom. The average molecular weight is 478 g/mol. The Kier molecular flexibility index (Phi) is 7.81. The quantitative estimate of drug-likeness (QED) is 0.505. The van der Waals surface area contributed by atoms with E-state index in [-0.39, 0.29) is 30.6 Å². The lowest BCUT2D eigenvalue weighted by atomic mass is 9.73. The molecule has 2 heterocycles. The first-order chi connectivity index (χ1) is 15.8. The predicted octanol–water partition coefficient (Wildman–Crippen LogP) is 5.75. The average Bonchev–Trinajstić information content (AvgIpc) is 3.24. The highest BCUT2D eigenvalue weighted by atomic mass is 32.1. The Hall–Kier alpha value is -1.44. The van der Waals surface area contributed by atoms with Gasteiger partial charge in [0, 0.05) is 10.8 Å². The monoisotopic (exact) mass is 477 g/mol. The number of hydrogen-bond donors (Lipinski definition) is 0. The van der Waals surface area contributed by atoms with E-state index >= 15 is 0 Å². The van der Waals surface area contributed by atoms with Crippen LogP contribution in [0.3, 0.4) is 0 Å². The molecule has 33 heavy (non-hydrogen) atoms. The molecule has 0 atom stereocenters. The number of carbonyl (C=O) groups is 2. The fraction of sp³-hybridized carbons (Fsp3) is 0.769. The zero-order valence-corrected chi connectivity index (χ0v) is 21.4. The van der Waals surface area contributed by atoms with Crippen molar-refractivity contribution in [2.24, 2.45) is 17.3 Å². The summed E-state index contributed by atoms with van der Waals surface area (Å²) < 4.78 is 16.3. The topological polar surface area (TPSA) is 65.1 Å². The fourth-order valence-corrected chi connectivity index (χ4v) is 6.76. The van der Waals surface area contributed by atoms with E-state index in [9.17, 15) is 9.59 Å². The Bertz CT molecular complexity index is 826. The van der Waals surface area contributed by atoms with E-state index in [0.29, 0.717) is 41.0 Å². The van der Waals surface area contributed by atoms with Crippen molar-refractivity contribution in [2.75, 3.05) is 32.0 Å². The van der Waals surface area contributed by atoms with Crippen molar-refractivity contribution in [1.29, 1.82) is 0 Å². The van der Waals surface area contributed by atoms with E-state index in [2.05, 4.69) is 26.8 Å². The summed E-state index contributed by atoms with van der Waals surface area (Å²) in [4.78, 5) is 30.3. The molecule has 0 N–H and O–H groups in total. The van der Waals surface area contributed by atoms with Crippen LogP contribution in [0.25, 0.3) is 0 Å². The summed E-state index contributed by atoms with van der Waals surface area (Å²) in [5, 5.41) is 0. The van der Waals surface area contributed by atoms with Crippen LogP contribution in [0.5, 0.6) is 0 Å². The molecule has 6 nitrogen and oxygen atoms in total. The maximum absolute atomic E-state index is 13.9. The molecule has 1 amide bonds. The Labute approximate surface area is 202 Å². The minimum atomic E-state index is -0.370. The number of amides is 1. The van der Waals surface area contributed by atoms with Crippen LogP contribution < -0.4 is 4.90 Å². The molecule has 0 radical (unpaired) electrons. The van der Waals surface area contributed by atoms with Crippen molar-refractivity contribution in [3.63, 3.8) is 0 Å². The van der Waals surface area contributed by atoms with Gasteiger partial charge in [0.1, 0.15) is 11.7 Å². The summed E-state index contributed by atoms with van der Waals surface area (Å²) >= 11 is 1.51. The van der Waals surface area contributed by atoms with Gasteiger partial charge in [-0.25, -0.2) is 4.79 Å². The largest absolute Gasteiger partial charge is 0.465 e. The number of thiophene rings is 1. The number of hydrogen-bond acceptors (Lipinski definition) is 6. The maximum Gasteiger partial charge on any atom is 0.350 e. The van der Waals surface area contributed by atoms with Gasteiger partial charge in [-0.2, -0.15) is 0 Å². The zero-order chi connectivity index (χ0) is 23.6. The van der Waals surface area contributed by atoms with Crippen LogP contribution in [0.2, 0.25) is 0 Å². The van der Waals surface area contributed by atoms with E-state index in [1.807, 2.05) is 4.90 Å². The molecule has 1 aromatic rings. The number of esters is 1. The van der Waals surface area contributed by atoms with Crippen molar-refractivity contribution in [3.8, 4) is 0 Å². The van der Waals surface area contributed by atoms with Crippen molar-refractivity contribution >= 4 is 28.9 Å². The maximum atomic E-state index is 13.9. The van der Waals surface area contributed by atoms with E-state index in [1.54, 1.807) is 0 Å². The molecule has 184 valence electrons. The summed E-state index contributed by atoms with van der Waals surface area (Å²) in [6, 6.07) is 1.86. The first-order valence-electron chi connectivity index (χ1n) is 12.5. The van der Waals surface area contributed by atoms with Gasteiger partial charge in [-0.1, -0.05) is 20.8 Å². The molecule has 1 aromatic heterocycles. The lowest BCUT2D eigenvalue weighted by Gasteiger charge is -2.37. The molecule has 3 aliphatic rings. The number of nitrogens with zero attached hydrogens (tertiary/aromatic N) is 1. The second-order valence-corrected chi connectivity index (χ2v) is 12.1. The highest BCUT2D eigenvalue weighted by molar-refractivity contribution is 7.14. The van der Waals surface area contributed by atoms with Crippen molar-refractivity contribution in [3.05, 3.63) is 15.8 Å². The minimum absolute atomic E-state index is 0.0209. The SMILES string of the molecule is COC(=O)c1sc(C2CCC(C)(C)CC2)cc1N(C(=O)[C@H]1CC[C@H](C)CC1)C1COCOC1. The third kappa shape index (κ3) is 5.63. The Morgan fingerprint density at radius 1 is 1.06 bits per heavy atom.